The summed E-state index contributed by atoms with van der Waals surface area (Å²) in [5, 5.41) is 9.78. The van der Waals surface area contributed by atoms with Crippen molar-refractivity contribution in [3.63, 3.8) is 0 Å². The maximum Gasteiger partial charge on any atom is 0.223 e. The molecule has 3 fully saturated rings. The molecule has 6 heteroatoms. The Balaban J connectivity index is 0.00000243. The molecule has 3 rings (SSSR count). The summed E-state index contributed by atoms with van der Waals surface area (Å²) in [6, 6.07) is 0.575. The van der Waals surface area contributed by atoms with E-state index in [1.165, 1.54) is 32.1 Å². The van der Waals surface area contributed by atoms with Crippen molar-refractivity contribution in [2.75, 3.05) is 13.1 Å². The molecule has 1 unspecified atom stereocenters. The van der Waals surface area contributed by atoms with Crippen LogP contribution in [0.15, 0.2) is 0 Å². The third-order valence-electron chi connectivity index (χ3n) is 6.31. The van der Waals surface area contributed by atoms with E-state index in [-0.39, 0.29) is 36.2 Å². The van der Waals surface area contributed by atoms with Crippen LogP contribution in [0, 0.1) is 11.8 Å². The number of halogens is 1. The van der Waals surface area contributed by atoms with Crippen molar-refractivity contribution in [3.8, 4) is 0 Å². The lowest BCUT2D eigenvalue weighted by atomic mass is 9.84. The number of carbonyl (C=O) groups excluding carboxylic acids is 2. The highest BCUT2D eigenvalue weighted by atomic mass is 35.5. The zero-order valence-corrected chi connectivity index (χ0v) is 16.8. The fourth-order valence-electron chi connectivity index (χ4n) is 4.73. The van der Waals surface area contributed by atoms with Crippen LogP contribution in [0.2, 0.25) is 0 Å². The van der Waals surface area contributed by atoms with E-state index in [1.807, 2.05) is 0 Å². The molecule has 2 aliphatic carbocycles. The van der Waals surface area contributed by atoms with E-state index in [0.717, 1.165) is 51.6 Å². The van der Waals surface area contributed by atoms with E-state index < -0.39 is 0 Å². The fraction of sp³-hybridized carbons (Fsp3) is 0.900. The minimum atomic E-state index is 0. The van der Waals surface area contributed by atoms with Crippen LogP contribution in [-0.4, -0.2) is 37.0 Å². The molecule has 2 amide bonds. The first-order chi connectivity index (χ1) is 12.2. The van der Waals surface area contributed by atoms with Crippen molar-refractivity contribution in [3.05, 3.63) is 0 Å². The van der Waals surface area contributed by atoms with E-state index in [0.29, 0.717) is 18.4 Å². The second kappa shape index (κ2) is 11.1. The molecule has 1 aliphatic heterocycles. The maximum absolute atomic E-state index is 12.4. The predicted molar refractivity (Wildman–Crippen MR) is 106 cm³/mol. The average molecular weight is 386 g/mol. The topological polar surface area (TPSA) is 70.2 Å². The largest absolute Gasteiger partial charge is 0.353 e. The zero-order valence-electron chi connectivity index (χ0n) is 15.9. The van der Waals surface area contributed by atoms with Crippen LogP contribution in [-0.2, 0) is 9.59 Å². The molecule has 0 aromatic rings. The average Bonchev–Trinajstić information content (AvgIpc) is 2.64. The minimum absolute atomic E-state index is 0. The first-order valence-corrected chi connectivity index (χ1v) is 10.5. The lowest BCUT2D eigenvalue weighted by Gasteiger charge is -2.31. The van der Waals surface area contributed by atoms with Crippen LogP contribution in [0.4, 0.5) is 0 Å². The van der Waals surface area contributed by atoms with Crippen molar-refractivity contribution in [2.24, 2.45) is 11.8 Å². The first-order valence-electron chi connectivity index (χ1n) is 10.5. The Morgan fingerprint density at radius 2 is 1.54 bits per heavy atom. The van der Waals surface area contributed by atoms with Gasteiger partial charge in [-0.2, -0.15) is 0 Å². The van der Waals surface area contributed by atoms with E-state index in [1.54, 1.807) is 0 Å². The van der Waals surface area contributed by atoms with Gasteiger partial charge in [0.25, 0.3) is 0 Å². The molecule has 0 radical (unpaired) electrons. The van der Waals surface area contributed by atoms with Crippen molar-refractivity contribution in [1.82, 2.24) is 16.0 Å². The summed E-state index contributed by atoms with van der Waals surface area (Å²) in [4.78, 5) is 24.7. The standard InChI is InChI=1S/C20H35N3O2.ClH/c24-19(13-15-5-2-1-3-6-15)22-17-10-8-16(9-11-17)20(25)23-18-7-4-12-21-14-18;/h15-18,21H,1-14H2,(H,22,24)(H,23,25);1H. The van der Waals surface area contributed by atoms with Crippen LogP contribution in [0.3, 0.4) is 0 Å². The molecule has 1 atom stereocenters. The van der Waals surface area contributed by atoms with Gasteiger partial charge in [-0.15, -0.1) is 12.4 Å². The van der Waals surface area contributed by atoms with Crippen molar-refractivity contribution in [2.45, 2.75) is 89.1 Å². The van der Waals surface area contributed by atoms with Gasteiger partial charge < -0.3 is 16.0 Å². The molecule has 0 aromatic heterocycles. The molecule has 2 saturated carbocycles. The number of nitrogens with one attached hydrogen (secondary N) is 3. The Kier molecular flexibility index (Phi) is 9.20. The highest BCUT2D eigenvalue weighted by Gasteiger charge is 2.29. The Labute approximate surface area is 164 Å². The normalized spacial score (nSPS) is 30.1. The molecule has 3 aliphatic rings. The molecule has 0 bridgehead atoms. The minimum Gasteiger partial charge on any atom is -0.353 e. The summed E-state index contributed by atoms with van der Waals surface area (Å²) in [6.45, 7) is 1.97. The third kappa shape index (κ3) is 6.73. The van der Waals surface area contributed by atoms with Gasteiger partial charge in [0.15, 0.2) is 0 Å². The van der Waals surface area contributed by atoms with Gasteiger partial charge in [0, 0.05) is 31.0 Å². The van der Waals surface area contributed by atoms with Crippen LogP contribution in [0.25, 0.3) is 0 Å². The second-order valence-electron chi connectivity index (χ2n) is 8.38. The molecule has 0 spiro atoms. The van der Waals surface area contributed by atoms with Gasteiger partial charge in [0.05, 0.1) is 0 Å². The predicted octanol–water partition coefficient (Wildman–Crippen LogP) is 2.92. The van der Waals surface area contributed by atoms with Crippen molar-refractivity contribution in [1.29, 1.82) is 0 Å². The monoisotopic (exact) mass is 385 g/mol. The molecule has 3 N–H and O–H groups in total. The summed E-state index contributed by atoms with van der Waals surface area (Å²) in [5.74, 6) is 1.18. The van der Waals surface area contributed by atoms with E-state index in [2.05, 4.69) is 16.0 Å². The van der Waals surface area contributed by atoms with Gasteiger partial charge in [-0.3, -0.25) is 9.59 Å². The SMILES string of the molecule is Cl.O=C(CC1CCCCC1)NC1CCC(C(=O)NC2CCCNC2)CC1. The summed E-state index contributed by atoms with van der Waals surface area (Å²) >= 11 is 0. The van der Waals surface area contributed by atoms with Crippen molar-refractivity contribution >= 4 is 24.2 Å². The smallest absolute Gasteiger partial charge is 0.223 e. The molecule has 1 heterocycles. The summed E-state index contributed by atoms with van der Waals surface area (Å²) < 4.78 is 0. The Morgan fingerprint density at radius 1 is 0.808 bits per heavy atom. The van der Waals surface area contributed by atoms with Crippen LogP contribution < -0.4 is 16.0 Å². The molecular weight excluding hydrogens is 350 g/mol. The van der Waals surface area contributed by atoms with Gasteiger partial charge in [-0.05, 0) is 63.8 Å². The highest BCUT2D eigenvalue weighted by Crippen LogP contribution is 2.28. The Morgan fingerprint density at radius 3 is 2.19 bits per heavy atom. The lowest BCUT2D eigenvalue weighted by Crippen LogP contribution is -2.48. The van der Waals surface area contributed by atoms with Gasteiger partial charge in [-0.1, -0.05) is 19.3 Å². The van der Waals surface area contributed by atoms with Gasteiger partial charge >= 0.3 is 0 Å². The quantitative estimate of drug-likeness (QED) is 0.681. The fourth-order valence-corrected chi connectivity index (χ4v) is 4.73. The summed E-state index contributed by atoms with van der Waals surface area (Å²) in [6.07, 6.45) is 13.0. The molecule has 1 saturated heterocycles. The molecule has 26 heavy (non-hydrogen) atoms. The van der Waals surface area contributed by atoms with E-state index >= 15 is 0 Å². The number of rotatable bonds is 5. The second-order valence-corrected chi connectivity index (χ2v) is 8.38. The van der Waals surface area contributed by atoms with E-state index in [4.69, 9.17) is 0 Å². The molecule has 5 nitrogen and oxygen atoms in total. The molecule has 150 valence electrons. The van der Waals surface area contributed by atoms with Gasteiger partial charge in [-0.25, -0.2) is 0 Å². The Hall–Kier alpha value is -0.810. The zero-order chi connectivity index (χ0) is 17.5. The maximum atomic E-state index is 12.4. The van der Waals surface area contributed by atoms with E-state index in [9.17, 15) is 9.59 Å². The van der Waals surface area contributed by atoms with Crippen LogP contribution in [0.5, 0.6) is 0 Å². The van der Waals surface area contributed by atoms with Crippen molar-refractivity contribution < 1.29 is 9.59 Å². The Bertz CT molecular complexity index is 440. The summed E-state index contributed by atoms with van der Waals surface area (Å²) in [5.41, 5.74) is 0. The highest BCUT2D eigenvalue weighted by molar-refractivity contribution is 5.85. The number of piperidine rings is 1. The first kappa shape index (κ1) is 21.5. The number of carbonyl (C=O) groups is 2. The van der Waals surface area contributed by atoms with Crippen LogP contribution in [0.1, 0.15) is 77.0 Å². The van der Waals surface area contributed by atoms with Gasteiger partial charge in [0.1, 0.15) is 0 Å². The van der Waals surface area contributed by atoms with Gasteiger partial charge in [0.2, 0.25) is 11.8 Å². The third-order valence-corrected chi connectivity index (χ3v) is 6.31. The lowest BCUT2D eigenvalue weighted by molar-refractivity contribution is -0.127. The number of amides is 2. The molecule has 0 aromatic carbocycles. The van der Waals surface area contributed by atoms with Crippen LogP contribution >= 0.6 is 12.4 Å². The summed E-state index contributed by atoms with van der Waals surface area (Å²) in [7, 11) is 0. The molecular formula is C20H36ClN3O2. The number of hydrogen-bond acceptors (Lipinski definition) is 3. The number of hydrogen-bond donors (Lipinski definition) is 3.